The van der Waals surface area contributed by atoms with Crippen molar-refractivity contribution in [2.24, 2.45) is 0 Å². The Morgan fingerprint density at radius 3 is 2.48 bits per heavy atom. The highest BCUT2D eigenvalue weighted by Gasteiger charge is 2.08. The topological polar surface area (TPSA) is 41.1 Å². The van der Waals surface area contributed by atoms with Crippen LogP contribution in [-0.4, -0.2) is 18.2 Å². The molecule has 0 unspecified atom stereocenters. The van der Waals surface area contributed by atoms with Crippen LogP contribution in [0.1, 0.15) is 35.3 Å². The Balaban J connectivity index is 2.04. The Bertz CT molecular complexity index is 626. The fourth-order valence-corrected chi connectivity index (χ4v) is 2.86. The van der Waals surface area contributed by atoms with E-state index in [2.05, 4.69) is 24.5 Å². The van der Waals surface area contributed by atoms with Crippen LogP contribution in [0.2, 0.25) is 0 Å². The van der Waals surface area contributed by atoms with Gasteiger partial charge in [-0.25, -0.2) is 0 Å². The Hall–Kier alpha value is -1.78. The van der Waals surface area contributed by atoms with E-state index in [4.69, 9.17) is 0 Å². The highest BCUT2D eigenvalue weighted by molar-refractivity contribution is 7.98. The Morgan fingerprint density at radius 2 is 1.78 bits per heavy atom. The third-order valence-corrected chi connectivity index (χ3v) is 4.47. The molecule has 2 rings (SSSR count). The zero-order valence-electron chi connectivity index (χ0n) is 13.8. The van der Waals surface area contributed by atoms with Gasteiger partial charge in [-0.1, -0.05) is 44.2 Å². The second kappa shape index (κ2) is 9.38. The lowest BCUT2D eigenvalue weighted by Gasteiger charge is -2.11. The molecule has 4 heteroatoms. The van der Waals surface area contributed by atoms with Crippen molar-refractivity contribution in [1.29, 1.82) is 0 Å². The first-order valence-corrected chi connectivity index (χ1v) is 9.16. The minimum absolute atomic E-state index is 0.0661. The van der Waals surface area contributed by atoms with Crippen LogP contribution < -0.4 is 10.6 Å². The van der Waals surface area contributed by atoms with E-state index in [-0.39, 0.29) is 5.91 Å². The molecule has 2 aromatic carbocycles. The molecular weight excluding hydrogens is 304 g/mol. The number of amides is 1. The van der Waals surface area contributed by atoms with Gasteiger partial charge in [0.15, 0.2) is 0 Å². The first-order valence-electron chi connectivity index (χ1n) is 8.01. The van der Waals surface area contributed by atoms with Crippen LogP contribution >= 0.6 is 11.8 Å². The van der Waals surface area contributed by atoms with E-state index in [0.29, 0.717) is 5.56 Å². The molecule has 0 atom stereocenters. The normalized spacial score (nSPS) is 10.5. The number of carbonyl (C=O) groups is 1. The van der Waals surface area contributed by atoms with Crippen molar-refractivity contribution in [1.82, 2.24) is 5.32 Å². The summed E-state index contributed by atoms with van der Waals surface area (Å²) < 4.78 is 0. The van der Waals surface area contributed by atoms with E-state index < -0.39 is 0 Å². The summed E-state index contributed by atoms with van der Waals surface area (Å²) in [6, 6.07) is 15.8. The van der Waals surface area contributed by atoms with Gasteiger partial charge in [0.25, 0.3) is 5.91 Å². The third kappa shape index (κ3) is 5.41. The highest BCUT2D eigenvalue weighted by Crippen LogP contribution is 2.17. The average Bonchev–Trinajstić information content (AvgIpc) is 2.59. The van der Waals surface area contributed by atoms with Gasteiger partial charge in [-0.05, 0) is 41.6 Å². The summed E-state index contributed by atoms with van der Waals surface area (Å²) in [6.45, 7) is 5.87. The molecule has 3 nitrogen and oxygen atoms in total. The SMILES string of the molecule is CCNCc1ccccc1NC(=O)c1ccc(CSCC)cc1. The van der Waals surface area contributed by atoms with Crippen LogP contribution in [-0.2, 0) is 12.3 Å². The molecule has 0 bridgehead atoms. The predicted molar refractivity (Wildman–Crippen MR) is 100 cm³/mol. The molecule has 0 aliphatic rings. The second-order valence-electron chi connectivity index (χ2n) is 5.23. The molecule has 23 heavy (non-hydrogen) atoms. The Morgan fingerprint density at radius 1 is 1.04 bits per heavy atom. The van der Waals surface area contributed by atoms with Crippen LogP contribution in [0.3, 0.4) is 0 Å². The molecule has 0 radical (unpaired) electrons. The number of anilines is 1. The monoisotopic (exact) mass is 328 g/mol. The molecule has 0 saturated heterocycles. The quantitative estimate of drug-likeness (QED) is 0.759. The van der Waals surface area contributed by atoms with E-state index in [9.17, 15) is 4.79 Å². The zero-order chi connectivity index (χ0) is 16.5. The van der Waals surface area contributed by atoms with Gasteiger partial charge in [-0.15, -0.1) is 0 Å². The summed E-state index contributed by atoms with van der Waals surface area (Å²) in [6.07, 6.45) is 0. The van der Waals surface area contributed by atoms with Crippen molar-refractivity contribution < 1.29 is 4.79 Å². The number of thioether (sulfide) groups is 1. The van der Waals surface area contributed by atoms with Crippen molar-refractivity contribution in [3.05, 3.63) is 65.2 Å². The number of rotatable bonds is 8. The molecule has 1 amide bonds. The van der Waals surface area contributed by atoms with E-state index in [1.54, 1.807) is 0 Å². The number of carbonyl (C=O) groups excluding carboxylic acids is 1. The average molecular weight is 328 g/mol. The summed E-state index contributed by atoms with van der Waals surface area (Å²) in [5, 5.41) is 6.31. The van der Waals surface area contributed by atoms with Crippen LogP contribution in [0, 0.1) is 0 Å². The van der Waals surface area contributed by atoms with Crippen LogP contribution in [0.5, 0.6) is 0 Å². The molecule has 0 spiro atoms. The Kier molecular flexibility index (Phi) is 7.17. The second-order valence-corrected chi connectivity index (χ2v) is 6.50. The first kappa shape index (κ1) is 17.6. The Labute approximate surface area is 142 Å². The van der Waals surface area contributed by atoms with Gasteiger partial charge < -0.3 is 10.6 Å². The summed E-state index contributed by atoms with van der Waals surface area (Å²) in [5.41, 5.74) is 3.90. The number of hydrogen-bond acceptors (Lipinski definition) is 3. The lowest BCUT2D eigenvalue weighted by Crippen LogP contribution is -2.17. The van der Waals surface area contributed by atoms with Gasteiger partial charge in [-0.3, -0.25) is 4.79 Å². The minimum atomic E-state index is -0.0661. The molecule has 122 valence electrons. The van der Waals surface area contributed by atoms with Gasteiger partial charge in [-0.2, -0.15) is 11.8 Å². The van der Waals surface area contributed by atoms with E-state index in [1.165, 1.54) is 5.56 Å². The van der Waals surface area contributed by atoms with Crippen molar-refractivity contribution in [2.45, 2.75) is 26.1 Å². The lowest BCUT2D eigenvalue weighted by atomic mass is 10.1. The molecule has 0 fully saturated rings. The molecule has 0 saturated carbocycles. The minimum Gasteiger partial charge on any atom is -0.322 e. The molecule has 0 heterocycles. The largest absolute Gasteiger partial charge is 0.322 e. The number of hydrogen-bond donors (Lipinski definition) is 2. The summed E-state index contributed by atoms with van der Waals surface area (Å²) in [5.74, 6) is 2.03. The molecule has 0 aromatic heterocycles. The molecule has 0 aliphatic heterocycles. The fraction of sp³-hybridized carbons (Fsp3) is 0.316. The number of nitrogens with one attached hydrogen (secondary N) is 2. The third-order valence-electron chi connectivity index (χ3n) is 3.52. The summed E-state index contributed by atoms with van der Waals surface area (Å²) in [4.78, 5) is 12.4. The molecule has 0 aliphatic carbocycles. The predicted octanol–water partition coefficient (Wildman–Crippen LogP) is 4.30. The highest BCUT2D eigenvalue weighted by atomic mass is 32.2. The van der Waals surface area contributed by atoms with Crippen molar-refractivity contribution in [2.75, 3.05) is 17.6 Å². The molecular formula is C19H24N2OS. The van der Waals surface area contributed by atoms with Gasteiger partial charge in [0.05, 0.1) is 0 Å². The van der Waals surface area contributed by atoms with Crippen molar-refractivity contribution >= 4 is 23.4 Å². The van der Waals surface area contributed by atoms with E-state index >= 15 is 0 Å². The van der Waals surface area contributed by atoms with E-state index in [1.807, 2.05) is 60.3 Å². The van der Waals surface area contributed by atoms with Gasteiger partial charge in [0.2, 0.25) is 0 Å². The first-order chi connectivity index (χ1) is 11.2. The van der Waals surface area contributed by atoms with Crippen molar-refractivity contribution in [3.63, 3.8) is 0 Å². The summed E-state index contributed by atoms with van der Waals surface area (Å²) >= 11 is 1.88. The van der Waals surface area contributed by atoms with Crippen molar-refractivity contribution in [3.8, 4) is 0 Å². The summed E-state index contributed by atoms with van der Waals surface area (Å²) in [7, 11) is 0. The van der Waals surface area contributed by atoms with E-state index in [0.717, 1.165) is 35.8 Å². The standard InChI is InChI=1S/C19H24N2OS/c1-3-20-13-17-7-5-6-8-18(17)21-19(22)16-11-9-15(10-12-16)14-23-4-2/h5-12,20H,3-4,13-14H2,1-2H3,(H,21,22). The molecule has 2 aromatic rings. The smallest absolute Gasteiger partial charge is 0.255 e. The number of benzene rings is 2. The van der Waals surface area contributed by atoms with Crippen LogP contribution in [0.15, 0.2) is 48.5 Å². The molecule has 2 N–H and O–H groups in total. The number of para-hydroxylation sites is 1. The maximum atomic E-state index is 12.4. The van der Waals surface area contributed by atoms with Gasteiger partial charge in [0.1, 0.15) is 0 Å². The lowest BCUT2D eigenvalue weighted by molar-refractivity contribution is 0.102. The maximum Gasteiger partial charge on any atom is 0.255 e. The fourth-order valence-electron chi connectivity index (χ4n) is 2.22. The van der Waals surface area contributed by atoms with Gasteiger partial charge >= 0.3 is 0 Å². The van der Waals surface area contributed by atoms with Crippen LogP contribution in [0.25, 0.3) is 0 Å². The van der Waals surface area contributed by atoms with Gasteiger partial charge in [0, 0.05) is 23.5 Å². The maximum absolute atomic E-state index is 12.4. The zero-order valence-corrected chi connectivity index (χ0v) is 14.6. The van der Waals surface area contributed by atoms with Crippen LogP contribution in [0.4, 0.5) is 5.69 Å².